The lowest BCUT2D eigenvalue weighted by molar-refractivity contribution is -0.124. The smallest absolute Gasteiger partial charge is 0.322 e. The summed E-state index contributed by atoms with van der Waals surface area (Å²) in [6.07, 6.45) is 4.32. The largest absolute Gasteiger partial charge is 0.424 e. The number of ether oxygens (including phenoxy) is 2. The highest BCUT2D eigenvalue weighted by atomic mass is 16.5. The molecule has 1 atom stereocenters. The fraction of sp³-hybridized carbons (Fsp3) is 0.267. The third-order valence-electron chi connectivity index (χ3n) is 3.07. The lowest BCUT2D eigenvalue weighted by Crippen LogP contribution is -2.26. The Morgan fingerprint density at radius 3 is 2.67 bits per heavy atom. The number of carbonyl (C=O) groups is 1. The normalized spacial score (nSPS) is 17.4. The summed E-state index contributed by atoms with van der Waals surface area (Å²) in [6.45, 7) is 0.637. The maximum absolute atomic E-state index is 11.9. The minimum absolute atomic E-state index is 0.159. The van der Waals surface area contributed by atoms with Gasteiger partial charge in [0.2, 0.25) is 0 Å². The first-order valence-electron chi connectivity index (χ1n) is 6.79. The summed E-state index contributed by atoms with van der Waals surface area (Å²) < 4.78 is 10.8. The van der Waals surface area contributed by atoms with E-state index in [4.69, 9.17) is 9.47 Å². The van der Waals surface area contributed by atoms with E-state index in [-0.39, 0.29) is 18.0 Å². The van der Waals surface area contributed by atoms with E-state index >= 15 is 0 Å². The van der Waals surface area contributed by atoms with Crippen LogP contribution in [0.1, 0.15) is 12.8 Å². The number of anilines is 1. The highest BCUT2D eigenvalue weighted by Crippen LogP contribution is 2.18. The standard InChI is InChI=1S/C15H15N3O3/c19-14(13-7-4-8-20-13)18-11-9-16-15(17-10-11)21-12-5-2-1-3-6-12/h1-3,5-6,9-10,13H,4,7-8H2,(H,18,19)/t13-/m1/s1. The number of amides is 1. The SMILES string of the molecule is O=C(Nc1cnc(Oc2ccccc2)nc1)[C@H]1CCCO1. The molecule has 1 N–H and O–H groups in total. The molecule has 6 heteroatoms. The molecule has 3 rings (SSSR count). The van der Waals surface area contributed by atoms with Gasteiger partial charge in [-0.2, -0.15) is 0 Å². The van der Waals surface area contributed by atoms with Crippen molar-refractivity contribution in [2.75, 3.05) is 11.9 Å². The predicted octanol–water partition coefficient (Wildman–Crippen LogP) is 2.39. The number of nitrogens with zero attached hydrogens (tertiary/aromatic N) is 2. The van der Waals surface area contributed by atoms with Crippen molar-refractivity contribution in [3.8, 4) is 11.8 Å². The van der Waals surface area contributed by atoms with E-state index in [1.165, 1.54) is 12.4 Å². The first-order chi connectivity index (χ1) is 10.3. The molecule has 1 aliphatic rings. The zero-order chi connectivity index (χ0) is 14.5. The molecule has 2 heterocycles. The number of hydrogen-bond donors (Lipinski definition) is 1. The zero-order valence-corrected chi connectivity index (χ0v) is 11.4. The van der Waals surface area contributed by atoms with Gasteiger partial charge >= 0.3 is 6.01 Å². The second kappa shape index (κ2) is 6.32. The molecule has 1 aliphatic heterocycles. The lowest BCUT2D eigenvalue weighted by atomic mass is 10.2. The zero-order valence-electron chi connectivity index (χ0n) is 11.4. The second-order valence-electron chi connectivity index (χ2n) is 4.66. The molecule has 21 heavy (non-hydrogen) atoms. The Labute approximate surface area is 122 Å². The Balaban J connectivity index is 1.60. The average molecular weight is 285 g/mol. The first kappa shape index (κ1) is 13.5. The molecule has 1 fully saturated rings. The van der Waals surface area contributed by atoms with Crippen LogP contribution in [0.25, 0.3) is 0 Å². The molecule has 108 valence electrons. The summed E-state index contributed by atoms with van der Waals surface area (Å²) in [5, 5.41) is 2.73. The average Bonchev–Trinajstić information content (AvgIpc) is 3.05. The van der Waals surface area contributed by atoms with Gasteiger partial charge in [-0.3, -0.25) is 4.79 Å². The van der Waals surface area contributed by atoms with E-state index in [9.17, 15) is 4.79 Å². The summed E-state index contributed by atoms with van der Waals surface area (Å²) in [5.74, 6) is 0.501. The maximum atomic E-state index is 11.9. The van der Waals surface area contributed by atoms with Gasteiger partial charge in [-0.05, 0) is 25.0 Å². The summed E-state index contributed by atoms with van der Waals surface area (Å²) in [5.41, 5.74) is 0.524. The first-order valence-corrected chi connectivity index (χ1v) is 6.79. The van der Waals surface area contributed by atoms with E-state index in [2.05, 4.69) is 15.3 Å². The van der Waals surface area contributed by atoms with Gasteiger partial charge in [-0.25, -0.2) is 9.97 Å². The highest BCUT2D eigenvalue weighted by Gasteiger charge is 2.23. The van der Waals surface area contributed by atoms with Crippen LogP contribution in [0.2, 0.25) is 0 Å². The number of rotatable bonds is 4. The van der Waals surface area contributed by atoms with Gasteiger partial charge < -0.3 is 14.8 Å². The minimum atomic E-state index is -0.370. The van der Waals surface area contributed by atoms with Crippen LogP contribution in [0, 0.1) is 0 Å². The summed E-state index contributed by atoms with van der Waals surface area (Å²) >= 11 is 0. The monoisotopic (exact) mass is 285 g/mol. The van der Waals surface area contributed by atoms with Gasteiger partial charge in [-0.1, -0.05) is 18.2 Å². The van der Waals surface area contributed by atoms with Gasteiger partial charge in [0.25, 0.3) is 5.91 Å². The molecule has 0 radical (unpaired) electrons. The van der Waals surface area contributed by atoms with E-state index in [1.54, 1.807) is 0 Å². The number of nitrogens with one attached hydrogen (secondary N) is 1. The summed E-state index contributed by atoms with van der Waals surface area (Å²) in [6, 6.07) is 9.50. The van der Waals surface area contributed by atoms with Crippen LogP contribution < -0.4 is 10.1 Å². The Bertz CT molecular complexity index is 595. The number of hydrogen-bond acceptors (Lipinski definition) is 5. The number of benzene rings is 1. The van der Waals surface area contributed by atoms with Crippen LogP contribution in [-0.4, -0.2) is 28.6 Å². The van der Waals surface area contributed by atoms with E-state index in [0.717, 1.165) is 12.8 Å². The van der Waals surface area contributed by atoms with Gasteiger partial charge in [0.1, 0.15) is 11.9 Å². The molecule has 0 aliphatic carbocycles. The van der Waals surface area contributed by atoms with Gasteiger partial charge in [0, 0.05) is 6.61 Å². The Kier molecular flexibility index (Phi) is 4.07. The van der Waals surface area contributed by atoms with E-state index < -0.39 is 0 Å². The second-order valence-corrected chi connectivity index (χ2v) is 4.66. The molecule has 1 saturated heterocycles. The number of aromatic nitrogens is 2. The molecule has 1 aromatic carbocycles. The van der Waals surface area contributed by atoms with Crippen molar-refractivity contribution in [3.63, 3.8) is 0 Å². The summed E-state index contributed by atoms with van der Waals surface area (Å²) in [7, 11) is 0. The number of para-hydroxylation sites is 1. The van der Waals surface area contributed by atoms with Crippen molar-refractivity contribution < 1.29 is 14.3 Å². The molecule has 1 amide bonds. The van der Waals surface area contributed by atoms with Crippen LogP contribution in [0.5, 0.6) is 11.8 Å². The van der Waals surface area contributed by atoms with Crippen LogP contribution in [0.4, 0.5) is 5.69 Å². The fourth-order valence-corrected chi connectivity index (χ4v) is 2.03. The Morgan fingerprint density at radius 1 is 1.24 bits per heavy atom. The fourth-order valence-electron chi connectivity index (χ4n) is 2.03. The van der Waals surface area contributed by atoms with Crippen molar-refractivity contribution in [1.29, 1.82) is 0 Å². The van der Waals surface area contributed by atoms with Crippen LogP contribution in [-0.2, 0) is 9.53 Å². The minimum Gasteiger partial charge on any atom is -0.424 e. The molecular weight excluding hydrogens is 270 g/mol. The maximum Gasteiger partial charge on any atom is 0.322 e. The van der Waals surface area contributed by atoms with Crippen molar-refractivity contribution in [1.82, 2.24) is 9.97 Å². The third kappa shape index (κ3) is 3.55. The van der Waals surface area contributed by atoms with Crippen LogP contribution >= 0.6 is 0 Å². The van der Waals surface area contributed by atoms with Crippen LogP contribution in [0.15, 0.2) is 42.7 Å². The third-order valence-corrected chi connectivity index (χ3v) is 3.07. The Hall–Kier alpha value is -2.47. The van der Waals surface area contributed by atoms with Crippen LogP contribution in [0.3, 0.4) is 0 Å². The topological polar surface area (TPSA) is 73.3 Å². The molecule has 0 unspecified atom stereocenters. The molecule has 0 spiro atoms. The molecule has 0 saturated carbocycles. The molecular formula is C15H15N3O3. The van der Waals surface area contributed by atoms with E-state index in [1.807, 2.05) is 30.3 Å². The van der Waals surface area contributed by atoms with E-state index in [0.29, 0.717) is 18.0 Å². The lowest BCUT2D eigenvalue weighted by Gasteiger charge is -2.10. The quantitative estimate of drug-likeness (QED) is 0.933. The van der Waals surface area contributed by atoms with Crippen molar-refractivity contribution in [3.05, 3.63) is 42.7 Å². The van der Waals surface area contributed by atoms with Crippen molar-refractivity contribution in [2.45, 2.75) is 18.9 Å². The van der Waals surface area contributed by atoms with Gasteiger partial charge in [0.05, 0.1) is 18.1 Å². The van der Waals surface area contributed by atoms with Crippen molar-refractivity contribution in [2.24, 2.45) is 0 Å². The summed E-state index contributed by atoms with van der Waals surface area (Å²) in [4.78, 5) is 20.0. The predicted molar refractivity (Wildman–Crippen MR) is 76.2 cm³/mol. The highest BCUT2D eigenvalue weighted by molar-refractivity contribution is 5.94. The molecule has 6 nitrogen and oxygen atoms in total. The van der Waals surface area contributed by atoms with Gasteiger partial charge in [0.15, 0.2) is 0 Å². The molecule has 0 bridgehead atoms. The molecule has 1 aromatic heterocycles. The van der Waals surface area contributed by atoms with Gasteiger partial charge in [-0.15, -0.1) is 0 Å². The number of carbonyl (C=O) groups excluding carboxylic acids is 1. The van der Waals surface area contributed by atoms with Crippen molar-refractivity contribution >= 4 is 11.6 Å². The Morgan fingerprint density at radius 2 is 2.00 bits per heavy atom. The molecule has 2 aromatic rings.